The molecule has 0 aliphatic heterocycles. The van der Waals surface area contributed by atoms with Crippen molar-refractivity contribution in [2.45, 2.75) is 57.8 Å². The van der Waals surface area contributed by atoms with Crippen molar-refractivity contribution in [2.24, 2.45) is 35.5 Å². The van der Waals surface area contributed by atoms with Crippen molar-refractivity contribution < 1.29 is 0 Å². The zero-order valence-electron chi connectivity index (χ0n) is 9.83. The van der Waals surface area contributed by atoms with E-state index in [0.717, 1.165) is 0 Å². The van der Waals surface area contributed by atoms with E-state index >= 15 is 0 Å². The molecule has 4 rings (SSSR count). The normalized spacial score (nSPS) is 57.6. The van der Waals surface area contributed by atoms with Crippen LogP contribution in [-0.2, 0) is 0 Å². The second kappa shape index (κ2) is 3.25. The number of rotatable bonds is 0. The van der Waals surface area contributed by atoms with Crippen LogP contribution in [0.4, 0.5) is 0 Å². The van der Waals surface area contributed by atoms with Gasteiger partial charge in [-0.2, -0.15) is 0 Å². The highest BCUT2D eigenvalue weighted by Gasteiger charge is 2.52. The predicted octanol–water partition coefficient (Wildman–Crippen LogP) is 4.25. The van der Waals surface area contributed by atoms with Gasteiger partial charge in [-0.15, -0.1) is 0 Å². The maximum absolute atomic E-state index is 1.61. The fourth-order valence-corrected chi connectivity index (χ4v) is 6.07. The second-order valence-corrected chi connectivity index (χ2v) is 6.86. The molecule has 0 heteroatoms. The molecule has 4 aliphatic carbocycles. The van der Waals surface area contributed by atoms with Crippen LogP contribution < -0.4 is 0 Å². The van der Waals surface area contributed by atoms with Crippen molar-refractivity contribution in [3.63, 3.8) is 0 Å². The fourth-order valence-electron chi connectivity index (χ4n) is 6.07. The minimum absolute atomic E-state index is 1.17. The van der Waals surface area contributed by atoms with E-state index in [9.17, 15) is 0 Å². The summed E-state index contributed by atoms with van der Waals surface area (Å²) in [5, 5.41) is 0. The minimum Gasteiger partial charge on any atom is -0.0528 e. The molecule has 0 saturated heterocycles. The first-order valence-corrected chi connectivity index (χ1v) is 7.43. The number of hydrogen-bond donors (Lipinski definition) is 0. The molecule has 4 aliphatic rings. The quantitative estimate of drug-likeness (QED) is 0.553. The van der Waals surface area contributed by atoms with Crippen LogP contribution in [0, 0.1) is 35.5 Å². The first-order valence-electron chi connectivity index (χ1n) is 7.43. The number of hydrogen-bond acceptors (Lipinski definition) is 0. The molecule has 4 fully saturated rings. The van der Waals surface area contributed by atoms with Crippen molar-refractivity contribution in [1.82, 2.24) is 0 Å². The molecule has 0 aromatic rings. The Kier molecular flexibility index (Phi) is 1.96. The molecule has 4 unspecified atom stereocenters. The Morgan fingerprint density at radius 1 is 0.400 bits per heavy atom. The lowest BCUT2D eigenvalue weighted by Gasteiger charge is -2.52. The molecule has 0 spiro atoms. The standard InChI is InChI=1S/C15H24/c1-2-10-4-6-12-8-9-13-7-5-11(3-1)14(10)15(12)13/h10-15H,1-9H2. The molecule has 0 amide bonds. The van der Waals surface area contributed by atoms with Crippen molar-refractivity contribution in [3.05, 3.63) is 0 Å². The highest BCUT2D eigenvalue weighted by Crippen LogP contribution is 2.61. The Labute approximate surface area is 93.8 Å². The van der Waals surface area contributed by atoms with Crippen molar-refractivity contribution in [1.29, 1.82) is 0 Å². The SMILES string of the molecule is C1CC2CCC3CCC4CCC(C1)C2C34. The first-order chi connectivity index (χ1) is 7.43. The monoisotopic (exact) mass is 204 g/mol. The van der Waals surface area contributed by atoms with E-state index in [2.05, 4.69) is 0 Å². The third kappa shape index (κ3) is 1.20. The average Bonchev–Trinajstić information content (AvgIpc) is 2.71. The summed E-state index contributed by atoms with van der Waals surface area (Å²) >= 11 is 0. The largest absolute Gasteiger partial charge is 0.0528 e. The maximum atomic E-state index is 1.61. The van der Waals surface area contributed by atoms with Gasteiger partial charge < -0.3 is 0 Å². The third-order valence-electron chi connectivity index (χ3n) is 6.50. The van der Waals surface area contributed by atoms with Crippen molar-refractivity contribution in [3.8, 4) is 0 Å². The summed E-state index contributed by atoms with van der Waals surface area (Å²) in [5.74, 6) is 7.12. The van der Waals surface area contributed by atoms with Gasteiger partial charge in [0.15, 0.2) is 0 Å². The third-order valence-corrected chi connectivity index (χ3v) is 6.50. The van der Waals surface area contributed by atoms with E-state index in [1.807, 2.05) is 0 Å². The fraction of sp³-hybridized carbons (Fsp3) is 1.00. The minimum atomic E-state index is 1.17. The van der Waals surface area contributed by atoms with Gasteiger partial charge in [-0.1, -0.05) is 19.3 Å². The zero-order valence-corrected chi connectivity index (χ0v) is 9.83. The lowest BCUT2D eigenvalue weighted by molar-refractivity contribution is -0.0295. The summed E-state index contributed by atoms with van der Waals surface area (Å²) in [6.07, 6.45) is 14.4. The molecule has 0 heterocycles. The second-order valence-electron chi connectivity index (χ2n) is 6.86. The van der Waals surface area contributed by atoms with Crippen molar-refractivity contribution in [2.75, 3.05) is 0 Å². The van der Waals surface area contributed by atoms with Crippen LogP contribution in [0.5, 0.6) is 0 Å². The Morgan fingerprint density at radius 3 is 1.13 bits per heavy atom. The van der Waals surface area contributed by atoms with Gasteiger partial charge in [-0.3, -0.25) is 0 Å². The van der Waals surface area contributed by atoms with E-state index in [0.29, 0.717) is 0 Å². The van der Waals surface area contributed by atoms with E-state index in [1.165, 1.54) is 35.5 Å². The Hall–Kier alpha value is 0. The van der Waals surface area contributed by atoms with Crippen molar-refractivity contribution >= 4 is 0 Å². The van der Waals surface area contributed by atoms with Crippen LogP contribution in [0.15, 0.2) is 0 Å². The van der Waals surface area contributed by atoms with Gasteiger partial charge in [0.25, 0.3) is 0 Å². The summed E-state index contributed by atoms with van der Waals surface area (Å²) in [6.45, 7) is 0. The maximum Gasteiger partial charge on any atom is -0.0324 e. The molecule has 4 saturated carbocycles. The summed E-state index contributed by atoms with van der Waals surface area (Å²) in [6, 6.07) is 0. The predicted molar refractivity (Wildman–Crippen MR) is 62.5 cm³/mol. The molecule has 84 valence electrons. The van der Waals surface area contributed by atoms with Crippen LogP contribution in [-0.4, -0.2) is 0 Å². The molecule has 0 N–H and O–H groups in total. The van der Waals surface area contributed by atoms with Crippen LogP contribution in [0.3, 0.4) is 0 Å². The van der Waals surface area contributed by atoms with Gasteiger partial charge in [-0.05, 0) is 74.0 Å². The van der Waals surface area contributed by atoms with Gasteiger partial charge >= 0.3 is 0 Å². The van der Waals surface area contributed by atoms with Gasteiger partial charge in [0.1, 0.15) is 0 Å². The molecule has 4 atom stereocenters. The van der Waals surface area contributed by atoms with Gasteiger partial charge in [0, 0.05) is 0 Å². The lowest BCUT2D eigenvalue weighted by Crippen LogP contribution is -2.44. The smallest absolute Gasteiger partial charge is 0.0324 e. The molecule has 15 heavy (non-hydrogen) atoms. The molecule has 0 radical (unpaired) electrons. The topological polar surface area (TPSA) is 0 Å². The van der Waals surface area contributed by atoms with Crippen LogP contribution in [0.25, 0.3) is 0 Å². The van der Waals surface area contributed by atoms with Gasteiger partial charge in [0.05, 0.1) is 0 Å². The van der Waals surface area contributed by atoms with Gasteiger partial charge in [-0.25, -0.2) is 0 Å². The Bertz CT molecular complexity index is 233. The van der Waals surface area contributed by atoms with Gasteiger partial charge in [0.2, 0.25) is 0 Å². The summed E-state index contributed by atoms with van der Waals surface area (Å²) in [4.78, 5) is 0. The van der Waals surface area contributed by atoms with Crippen LogP contribution in [0.2, 0.25) is 0 Å². The molecule has 0 aromatic heterocycles. The Balaban J connectivity index is 1.69. The molecule has 0 aromatic carbocycles. The Morgan fingerprint density at radius 2 is 0.733 bits per heavy atom. The zero-order chi connectivity index (χ0) is 9.83. The molecular formula is C15H24. The highest BCUT2D eigenvalue weighted by molar-refractivity contribution is 5.01. The van der Waals surface area contributed by atoms with E-state index in [-0.39, 0.29) is 0 Å². The summed E-state index contributed by atoms with van der Waals surface area (Å²) in [5.41, 5.74) is 0. The van der Waals surface area contributed by atoms with Crippen LogP contribution >= 0.6 is 0 Å². The summed E-state index contributed by atoms with van der Waals surface area (Å²) in [7, 11) is 0. The van der Waals surface area contributed by atoms with Crippen LogP contribution in [0.1, 0.15) is 57.8 Å². The summed E-state index contributed by atoms with van der Waals surface area (Å²) < 4.78 is 0. The highest BCUT2D eigenvalue weighted by atomic mass is 14.6. The molecule has 0 bridgehead atoms. The average molecular weight is 204 g/mol. The molecule has 0 nitrogen and oxygen atoms in total. The van der Waals surface area contributed by atoms with E-state index < -0.39 is 0 Å². The first kappa shape index (κ1) is 9.07. The lowest BCUT2D eigenvalue weighted by atomic mass is 9.53. The van der Waals surface area contributed by atoms with E-state index in [1.54, 1.807) is 57.8 Å². The van der Waals surface area contributed by atoms with E-state index in [4.69, 9.17) is 0 Å². The molecular weight excluding hydrogens is 180 g/mol.